The van der Waals surface area contributed by atoms with Crippen LogP contribution in [-0.2, 0) is 6.54 Å². The van der Waals surface area contributed by atoms with Gasteiger partial charge >= 0.3 is 0 Å². The molecule has 0 spiro atoms. The van der Waals surface area contributed by atoms with E-state index in [0.717, 1.165) is 23.9 Å². The Kier molecular flexibility index (Phi) is 5.37. The van der Waals surface area contributed by atoms with Crippen molar-refractivity contribution in [1.29, 1.82) is 0 Å². The summed E-state index contributed by atoms with van der Waals surface area (Å²) in [4.78, 5) is 8.32. The van der Waals surface area contributed by atoms with E-state index in [-0.39, 0.29) is 0 Å². The van der Waals surface area contributed by atoms with Crippen LogP contribution in [0.1, 0.15) is 41.6 Å². The fraction of sp³-hybridized carbons (Fsp3) is 0.471. The molecule has 0 aliphatic heterocycles. The van der Waals surface area contributed by atoms with Gasteiger partial charge in [0, 0.05) is 24.5 Å². The largest absolute Gasteiger partial charge is 0.347 e. The van der Waals surface area contributed by atoms with Gasteiger partial charge in [-0.25, -0.2) is 4.98 Å². The zero-order chi connectivity index (χ0) is 15.4. The third-order valence-electron chi connectivity index (χ3n) is 3.72. The minimum atomic E-state index is 0.369. The van der Waals surface area contributed by atoms with Gasteiger partial charge in [-0.3, -0.25) is 0 Å². The second-order valence-electron chi connectivity index (χ2n) is 5.51. The molecule has 0 radical (unpaired) electrons. The van der Waals surface area contributed by atoms with Gasteiger partial charge in [-0.1, -0.05) is 31.2 Å². The molecule has 114 valence electrons. The highest BCUT2D eigenvalue weighted by Crippen LogP contribution is 2.31. The molecule has 1 unspecified atom stereocenters. The predicted octanol–water partition coefficient (Wildman–Crippen LogP) is 4.07. The Balaban J connectivity index is 2.15. The monoisotopic (exact) mass is 303 g/mol. The molecule has 1 aromatic carbocycles. The van der Waals surface area contributed by atoms with Gasteiger partial charge in [0.05, 0.1) is 5.69 Å². The Labute approximate surface area is 132 Å². The number of aryl methyl sites for hydroxylation is 2. The summed E-state index contributed by atoms with van der Waals surface area (Å²) in [6.07, 6.45) is 0. The quantitative estimate of drug-likeness (QED) is 0.872. The Hall–Kier alpha value is -1.39. The molecule has 2 rings (SSSR count). The maximum atomic E-state index is 4.74. The van der Waals surface area contributed by atoms with E-state index < -0.39 is 0 Å². The highest BCUT2D eigenvalue weighted by atomic mass is 32.1. The molecule has 0 amide bonds. The fourth-order valence-corrected chi connectivity index (χ4v) is 3.52. The van der Waals surface area contributed by atoms with Crippen LogP contribution in [-0.4, -0.2) is 18.6 Å². The van der Waals surface area contributed by atoms with E-state index in [2.05, 4.69) is 69.2 Å². The van der Waals surface area contributed by atoms with E-state index in [1.165, 1.54) is 16.0 Å². The number of aromatic nitrogens is 1. The van der Waals surface area contributed by atoms with Crippen LogP contribution in [0.15, 0.2) is 24.3 Å². The molecule has 0 aliphatic carbocycles. The van der Waals surface area contributed by atoms with Crippen molar-refractivity contribution in [3.05, 3.63) is 46.0 Å². The summed E-state index contributed by atoms with van der Waals surface area (Å²) in [6.45, 7) is 10.5. The number of hydrogen-bond donors (Lipinski definition) is 1. The lowest BCUT2D eigenvalue weighted by Crippen LogP contribution is -2.17. The second-order valence-corrected chi connectivity index (χ2v) is 6.52. The molecule has 1 N–H and O–H groups in total. The SMILES string of the molecule is CCNC(C)c1sc(N(C)Cc2ccccc2C)nc1C. The molecule has 1 heterocycles. The Morgan fingerprint density at radius 2 is 2.00 bits per heavy atom. The van der Waals surface area contributed by atoms with Crippen molar-refractivity contribution in [2.24, 2.45) is 0 Å². The topological polar surface area (TPSA) is 28.2 Å². The molecule has 21 heavy (non-hydrogen) atoms. The molecule has 2 aromatic rings. The highest BCUT2D eigenvalue weighted by Gasteiger charge is 2.16. The molecule has 1 aromatic heterocycles. The first-order chi connectivity index (χ1) is 10.0. The zero-order valence-electron chi connectivity index (χ0n) is 13.6. The van der Waals surface area contributed by atoms with Crippen LogP contribution in [0.2, 0.25) is 0 Å². The van der Waals surface area contributed by atoms with E-state index in [1.807, 2.05) is 0 Å². The first kappa shape index (κ1) is 16.0. The standard InChI is InChI=1S/C17H25N3S/c1-6-18-13(3)16-14(4)19-17(21-16)20(5)11-15-10-8-7-9-12(15)2/h7-10,13,18H,6,11H2,1-5H3. The van der Waals surface area contributed by atoms with E-state index in [1.54, 1.807) is 11.3 Å². The van der Waals surface area contributed by atoms with Crippen LogP contribution in [0.5, 0.6) is 0 Å². The number of thiazole rings is 1. The second kappa shape index (κ2) is 7.05. The lowest BCUT2D eigenvalue weighted by molar-refractivity contribution is 0.603. The smallest absolute Gasteiger partial charge is 0.185 e. The minimum Gasteiger partial charge on any atom is -0.347 e. The summed E-state index contributed by atoms with van der Waals surface area (Å²) < 4.78 is 0. The lowest BCUT2D eigenvalue weighted by atomic mass is 10.1. The summed E-state index contributed by atoms with van der Waals surface area (Å²) in [6, 6.07) is 8.90. The van der Waals surface area contributed by atoms with Gasteiger partial charge in [0.15, 0.2) is 5.13 Å². The third kappa shape index (κ3) is 3.83. The highest BCUT2D eigenvalue weighted by molar-refractivity contribution is 7.15. The van der Waals surface area contributed by atoms with Crippen molar-refractivity contribution in [3.8, 4) is 0 Å². The summed E-state index contributed by atoms with van der Waals surface area (Å²) in [5.41, 5.74) is 3.83. The van der Waals surface area contributed by atoms with Gasteiger partial charge in [0.1, 0.15) is 0 Å². The van der Waals surface area contributed by atoms with Gasteiger partial charge in [0.25, 0.3) is 0 Å². The van der Waals surface area contributed by atoms with Gasteiger partial charge < -0.3 is 10.2 Å². The van der Waals surface area contributed by atoms with E-state index in [0.29, 0.717) is 6.04 Å². The van der Waals surface area contributed by atoms with Crippen molar-refractivity contribution in [1.82, 2.24) is 10.3 Å². The molecule has 4 heteroatoms. The van der Waals surface area contributed by atoms with Gasteiger partial charge in [-0.15, -0.1) is 11.3 Å². The van der Waals surface area contributed by atoms with Gasteiger partial charge in [-0.2, -0.15) is 0 Å². The van der Waals surface area contributed by atoms with Gasteiger partial charge in [0.2, 0.25) is 0 Å². The maximum Gasteiger partial charge on any atom is 0.185 e. The Bertz CT molecular complexity index is 591. The van der Waals surface area contributed by atoms with Crippen molar-refractivity contribution in [2.75, 3.05) is 18.5 Å². The molecule has 0 fully saturated rings. The first-order valence-corrected chi connectivity index (χ1v) is 8.31. The zero-order valence-corrected chi connectivity index (χ0v) is 14.4. The van der Waals surface area contributed by atoms with Crippen molar-refractivity contribution < 1.29 is 0 Å². The van der Waals surface area contributed by atoms with Crippen LogP contribution in [0.3, 0.4) is 0 Å². The third-order valence-corrected chi connectivity index (χ3v) is 5.17. The number of rotatable bonds is 6. The average molecular weight is 303 g/mol. The lowest BCUT2D eigenvalue weighted by Gasteiger charge is -2.17. The predicted molar refractivity (Wildman–Crippen MR) is 92.2 cm³/mol. The van der Waals surface area contributed by atoms with Gasteiger partial charge in [-0.05, 0) is 38.4 Å². The minimum absolute atomic E-state index is 0.369. The molecular weight excluding hydrogens is 278 g/mol. The first-order valence-electron chi connectivity index (χ1n) is 7.49. The Morgan fingerprint density at radius 1 is 1.29 bits per heavy atom. The fourth-order valence-electron chi connectivity index (χ4n) is 2.47. The number of benzene rings is 1. The summed E-state index contributed by atoms with van der Waals surface area (Å²) in [5, 5.41) is 4.56. The number of nitrogens with zero attached hydrogens (tertiary/aromatic N) is 2. The number of nitrogens with one attached hydrogen (secondary N) is 1. The van der Waals surface area contributed by atoms with E-state index in [4.69, 9.17) is 4.98 Å². The summed E-state index contributed by atoms with van der Waals surface area (Å²) in [5.74, 6) is 0. The number of anilines is 1. The van der Waals surface area contributed by atoms with Crippen LogP contribution >= 0.6 is 11.3 Å². The van der Waals surface area contributed by atoms with Crippen LogP contribution in [0, 0.1) is 13.8 Å². The molecule has 1 atom stereocenters. The van der Waals surface area contributed by atoms with Crippen LogP contribution < -0.4 is 10.2 Å². The Morgan fingerprint density at radius 3 is 2.67 bits per heavy atom. The molecule has 3 nitrogen and oxygen atoms in total. The van der Waals surface area contributed by atoms with Crippen molar-refractivity contribution in [3.63, 3.8) is 0 Å². The average Bonchev–Trinajstić information content (AvgIpc) is 2.84. The summed E-state index contributed by atoms with van der Waals surface area (Å²) in [7, 11) is 2.12. The molecule has 0 bridgehead atoms. The summed E-state index contributed by atoms with van der Waals surface area (Å²) >= 11 is 1.79. The molecule has 0 saturated heterocycles. The number of hydrogen-bond acceptors (Lipinski definition) is 4. The van der Waals surface area contributed by atoms with Crippen LogP contribution in [0.25, 0.3) is 0 Å². The maximum absolute atomic E-state index is 4.74. The van der Waals surface area contributed by atoms with Crippen LogP contribution in [0.4, 0.5) is 5.13 Å². The van der Waals surface area contributed by atoms with Crippen molar-refractivity contribution >= 4 is 16.5 Å². The molecular formula is C17H25N3S. The molecule has 0 saturated carbocycles. The van der Waals surface area contributed by atoms with E-state index in [9.17, 15) is 0 Å². The molecule has 0 aliphatic rings. The normalized spacial score (nSPS) is 12.4. The van der Waals surface area contributed by atoms with Crippen molar-refractivity contribution in [2.45, 2.75) is 40.3 Å². The van der Waals surface area contributed by atoms with E-state index >= 15 is 0 Å².